The van der Waals surface area contributed by atoms with E-state index in [1.54, 1.807) is 36.4 Å². The molecule has 1 amide bonds. The first kappa shape index (κ1) is 18.7. The molecule has 1 heterocycles. The van der Waals surface area contributed by atoms with Crippen LogP contribution in [0.15, 0.2) is 53.4 Å². The maximum atomic E-state index is 12.6. The first-order valence-electron chi connectivity index (χ1n) is 8.35. The van der Waals surface area contributed by atoms with Crippen LogP contribution in [0.25, 0.3) is 0 Å². The normalized spacial score (nSPS) is 15.4. The Balaban J connectivity index is 1.75. The Labute approximate surface area is 158 Å². The van der Waals surface area contributed by atoms with Crippen molar-refractivity contribution in [1.82, 2.24) is 5.32 Å². The zero-order chi connectivity index (χ0) is 18.6. The molecule has 0 atom stereocenters. The van der Waals surface area contributed by atoms with E-state index in [1.807, 2.05) is 0 Å². The van der Waals surface area contributed by atoms with Gasteiger partial charge in [-0.2, -0.15) is 0 Å². The predicted molar refractivity (Wildman–Crippen MR) is 103 cm³/mol. The minimum absolute atomic E-state index is 0.0560. The summed E-state index contributed by atoms with van der Waals surface area (Å²) in [4.78, 5) is 12.4. The molecule has 0 aromatic heterocycles. The Hall–Kier alpha value is -2.09. The van der Waals surface area contributed by atoms with E-state index in [1.165, 1.54) is 12.1 Å². The van der Waals surface area contributed by atoms with Crippen LogP contribution in [0.4, 0.5) is 11.4 Å². The Morgan fingerprint density at radius 2 is 1.81 bits per heavy atom. The third-order valence-corrected chi connectivity index (χ3v) is 5.93. The van der Waals surface area contributed by atoms with Gasteiger partial charge in [0.2, 0.25) is 5.91 Å². The number of hydrogen-bond acceptors (Lipinski definition) is 4. The Bertz CT molecular complexity index is 896. The molecule has 2 aromatic rings. The SMILES string of the molecule is O=C(Nc1cccc(S(=O)(=O)Nc2ccccc2Cl)c1)C1CCNCC1. The van der Waals surface area contributed by atoms with Crippen LogP contribution in [0.3, 0.4) is 0 Å². The summed E-state index contributed by atoms with van der Waals surface area (Å²) in [6.45, 7) is 1.63. The molecule has 138 valence electrons. The van der Waals surface area contributed by atoms with Gasteiger partial charge in [-0.1, -0.05) is 29.8 Å². The molecule has 0 spiro atoms. The van der Waals surface area contributed by atoms with Crippen molar-refractivity contribution in [3.63, 3.8) is 0 Å². The predicted octanol–water partition coefficient (Wildman–Crippen LogP) is 3.08. The highest BCUT2D eigenvalue weighted by Crippen LogP contribution is 2.25. The van der Waals surface area contributed by atoms with Crippen LogP contribution in [0, 0.1) is 5.92 Å². The van der Waals surface area contributed by atoms with E-state index in [0.717, 1.165) is 25.9 Å². The van der Waals surface area contributed by atoms with Crippen molar-refractivity contribution < 1.29 is 13.2 Å². The highest BCUT2D eigenvalue weighted by atomic mass is 35.5. The van der Waals surface area contributed by atoms with Crippen LogP contribution in [0.1, 0.15) is 12.8 Å². The lowest BCUT2D eigenvalue weighted by atomic mass is 9.97. The largest absolute Gasteiger partial charge is 0.326 e. The molecule has 1 aliphatic rings. The van der Waals surface area contributed by atoms with Gasteiger partial charge in [0.15, 0.2) is 0 Å². The maximum absolute atomic E-state index is 12.6. The molecule has 0 bridgehead atoms. The first-order chi connectivity index (χ1) is 12.5. The van der Waals surface area contributed by atoms with Gasteiger partial charge in [-0.05, 0) is 56.3 Å². The van der Waals surface area contributed by atoms with Gasteiger partial charge in [-0.15, -0.1) is 0 Å². The van der Waals surface area contributed by atoms with Crippen molar-refractivity contribution in [2.24, 2.45) is 5.92 Å². The molecule has 1 saturated heterocycles. The lowest BCUT2D eigenvalue weighted by Crippen LogP contribution is -2.34. The van der Waals surface area contributed by atoms with Gasteiger partial charge in [-0.25, -0.2) is 8.42 Å². The fourth-order valence-corrected chi connectivity index (χ4v) is 4.18. The van der Waals surface area contributed by atoms with E-state index in [4.69, 9.17) is 11.6 Å². The summed E-state index contributed by atoms with van der Waals surface area (Å²) in [6, 6.07) is 12.8. The molecule has 0 saturated carbocycles. The number of anilines is 2. The molecular weight excluding hydrogens is 374 g/mol. The number of piperidine rings is 1. The minimum atomic E-state index is -3.81. The van der Waals surface area contributed by atoms with E-state index in [9.17, 15) is 13.2 Å². The highest BCUT2D eigenvalue weighted by molar-refractivity contribution is 7.92. The second-order valence-corrected chi connectivity index (χ2v) is 8.22. The third-order valence-electron chi connectivity index (χ3n) is 4.24. The molecule has 1 aliphatic heterocycles. The van der Waals surface area contributed by atoms with Gasteiger partial charge in [0.05, 0.1) is 15.6 Å². The molecule has 6 nitrogen and oxygen atoms in total. The zero-order valence-corrected chi connectivity index (χ0v) is 15.6. The number of benzene rings is 2. The second-order valence-electron chi connectivity index (χ2n) is 6.13. The number of amides is 1. The van der Waals surface area contributed by atoms with Gasteiger partial charge in [-0.3, -0.25) is 9.52 Å². The quantitative estimate of drug-likeness (QED) is 0.728. The monoisotopic (exact) mass is 393 g/mol. The number of rotatable bonds is 5. The number of nitrogens with one attached hydrogen (secondary N) is 3. The molecular formula is C18H20ClN3O3S. The number of carbonyl (C=O) groups excluding carboxylic acids is 1. The molecule has 3 rings (SSSR count). The van der Waals surface area contributed by atoms with Crippen molar-refractivity contribution >= 4 is 38.9 Å². The first-order valence-corrected chi connectivity index (χ1v) is 10.2. The van der Waals surface area contributed by atoms with E-state index < -0.39 is 10.0 Å². The van der Waals surface area contributed by atoms with Crippen LogP contribution in [-0.2, 0) is 14.8 Å². The van der Waals surface area contributed by atoms with Crippen LogP contribution in [-0.4, -0.2) is 27.4 Å². The van der Waals surface area contributed by atoms with Crippen molar-refractivity contribution in [2.75, 3.05) is 23.1 Å². The van der Waals surface area contributed by atoms with Crippen molar-refractivity contribution in [3.05, 3.63) is 53.6 Å². The van der Waals surface area contributed by atoms with E-state index in [0.29, 0.717) is 16.4 Å². The summed E-state index contributed by atoms with van der Waals surface area (Å²) in [5, 5.41) is 6.34. The number of halogens is 1. The molecule has 3 N–H and O–H groups in total. The van der Waals surface area contributed by atoms with Gasteiger partial charge < -0.3 is 10.6 Å². The standard InChI is InChI=1S/C18H20ClN3O3S/c19-16-6-1-2-7-17(16)22-26(24,25)15-5-3-4-14(12-15)21-18(23)13-8-10-20-11-9-13/h1-7,12-13,20,22H,8-11H2,(H,21,23). The zero-order valence-electron chi connectivity index (χ0n) is 14.0. The van der Waals surface area contributed by atoms with E-state index in [2.05, 4.69) is 15.4 Å². The molecule has 0 radical (unpaired) electrons. The summed E-state index contributed by atoms with van der Waals surface area (Å²) in [7, 11) is -3.81. The Morgan fingerprint density at radius 3 is 2.54 bits per heavy atom. The smallest absolute Gasteiger partial charge is 0.262 e. The minimum Gasteiger partial charge on any atom is -0.326 e. The molecule has 8 heteroatoms. The lowest BCUT2D eigenvalue weighted by Gasteiger charge is -2.21. The van der Waals surface area contributed by atoms with E-state index in [-0.39, 0.29) is 16.7 Å². The third kappa shape index (κ3) is 4.55. The molecule has 26 heavy (non-hydrogen) atoms. The summed E-state index contributed by atoms with van der Waals surface area (Å²) >= 11 is 6.01. The number of hydrogen-bond donors (Lipinski definition) is 3. The van der Waals surface area contributed by atoms with Crippen LogP contribution >= 0.6 is 11.6 Å². The van der Waals surface area contributed by atoms with Gasteiger partial charge in [0.1, 0.15) is 0 Å². The van der Waals surface area contributed by atoms with Crippen molar-refractivity contribution in [2.45, 2.75) is 17.7 Å². The summed E-state index contributed by atoms with van der Waals surface area (Å²) in [5.41, 5.74) is 0.758. The molecule has 1 fully saturated rings. The average Bonchev–Trinajstić information content (AvgIpc) is 2.64. The topological polar surface area (TPSA) is 87.3 Å². The second kappa shape index (κ2) is 8.07. The number of sulfonamides is 1. The molecule has 2 aromatic carbocycles. The number of carbonyl (C=O) groups is 1. The van der Waals surface area contributed by atoms with Crippen molar-refractivity contribution in [1.29, 1.82) is 0 Å². The summed E-state index contributed by atoms with van der Waals surface area (Å²) in [5.74, 6) is -0.141. The van der Waals surface area contributed by atoms with Crippen LogP contribution < -0.4 is 15.4 Å². The lowest BCUT2D eigenvalue weighted by molar-refractivity contribution is -0.120. The Morgan fingerprint density at radius 1 is 1.08 bits per heavy atom. The summed E-state index contributed by atoms with van der Waals surface area (Å²) in [6.07, 6.45) is 1.55. The Kier molecular flexibility index (Phi) is 5.80. The van der Waals surface area contributed by atoms with Crippen LogP contribution in [0.5, 0.6) is 0 Å². The van der Waals surface area contributed by atoms with Gasteiger partial charge in [0.25, 0.3) is 10.0 Å². The number of para-hydroxylation sites is 1. The van der Waals surface area contributed by atoms with Gasteiger partial charge in [0, 0.05) is 11.6 Å². The molecule has 0 unspecified atom stereocenters. The summed E-state index contributed by atoms with van der Waals surface area (Å²) < 4.78 is 27.7. The fraction of sp³-hybridized carbons (Fsp3) is 0.278. The highest BCUT2D eigenvalue weighted by Gasteiger charge is 2.22. The van der Waals surface area contributed by atoms with E-state index >= 15 is 0 Å². The van der Waals surface area contributed by atoms with Gasteiger partial charge >= 0.3 is 0 Å². The fourth-order valence-electron chi connectivity index (χ4n) is 2.82. The molecule has 0 aliphatic carbocycles. The van der Waals surface area contributed by atoms with Crippen molar-refractivity contribution in [3.8, 4) is 0 Å². The average molecular weight is 394 g/mol. The maximum Gasteiger partial charge on any atom is 0.262 e. The van der Waals surface area contributed by atoms with Crippen LogP contribution in [0.2, 0.25) is 5.02 Å².